The second kappa shape index (κ2) is 10.4. The van der Waals surface area contributed by atoms with Crippen LogP contribution in [0.15, 0.2) is 53.2 Å². The number of anilines is 1. The number of ether oxygens (including phenoxy) is 1. The molecule has 9 heteroatoms. The SMILES string of the molecule is CNC(=O)NC(=O)C(C)SC1=N/C(=C\c2ccc(OC)cc2)C(=O)N1c1cc(C)cc(C)c1. The van der Waals surface area contributed by atoms with Crippen molar-refractivity contribution in [3.05, 3.63) is 64.9 Å². The monoisotopic (exact) mass is 466 g/mol. The molecule has 1 aliphatic rings. The molecule has 0 fully saturated rings. The van der Waals surface area contributed by atoms with E-state index in [4.69, 9.17) is 4.74 Å². The molecule has 1 unspecified atom stereocenters. The van der Waals surface area contributed by atoms with Gasteiger partial charge in [0.15, 0.2) is 5.17 Å². The maximum Gasteiger partial charge on any atom is 0.321 e. The average molecular weight is 467 g/mol. The molecule has 172 valence electrons. The van der Waals surface area contributed by atoms with E-state index in [2.05, 4.69) is 15.6 Å². The first-order valence-electron chi connectivity index (χ1n) is 10.3. The van der Waals surface area contributed by atoms with E-state index in [0.717, 1.165) is 28.5 Å². The van der Waals surface area contributed by atoms with E-state index >= 15 is 0 Å². The third-order valence-electron chi connectivity index (χ3n) is 4.83. The Hall–Kier alpha value is -3.59. The minimum Gasteiger partial charge on any atom is -0.497 e. The van der Waals surface area contributed by atoms with Gasteiger partial charge in [-0.05, 0) is 67.8 Å². The largest absolute Gasteiger partial charge is 0.497 e. The van der Waals surface area contributed by atoms with Gasteiger partial charge < -0.3 is 10.1 Å². The summed E-state index contributed by atoms with van der Waals surface area (Å²) in [5.74, 6) is -0.0675. The van der Waals surface area contributed by atoms with Crippen LogP contribution in [0.3, 0.4) is 0 Å². The molecule has 3 rings (SSSR count). The van der Waals surface area contributed by atoms with Gasteiger partial charge >= 0.3 is 6.03 Å². The maximum atomic E-state index is 13.4. The number of carbonyl (C=O) groups excluding carboxylic acids is 3. The predicted octanol–water partition coefficient (Wildman–Crippen LogP) is 3.63. The molecule has 0 aliphatic carbocycles. The van der Waals surface area contributed by atoms with Crippen LogP contribution in [0.1, 0.15) is 23.6 Å². The highest BCUT2D eigenvalue weighted by atomic mass is 32.2. The summed E-state index contributed by atoms with van der Waals surface area (Å²) in [6.07, 6.45) is 1.69. The average Bonchev–Trinajstić information content (AvgIpc) is 3.07. The van der Waals surface area contributed by atoms with Crippen LogP contribution in [0.5, 0.6) is 5.75 Å². The fourth-order valence-electron chi connectivity index (χ4n) is 3.23. The molecule has 1 atom stereocenters. The van der Waals surface area contributed by atoms with Crippen molar-refractivity contribution in [1.82, 2.24) is 10.6 Å². The molecular formula is C24H26N4O4S. The normalized spacial score (nSPS) is 15.3. The van der Waals surface area contributed by atoms with Gasteiger partial charge in [0, 0.05) is 7.05 Å². The van der Waals surface area contributed by atoms with Gasteiger partial charge in [0.25, 0.3) is 5.91 Å². The Kier molecular flexibility index (Phi) is 7.55. The van der Waals surface area contributed by atoms with Gasteiger partial charge in [-0.1, -0.05) is 30.0 Å². The summed E-state index contributed by atoms with van der Waals surface area (Å²) in [5.41, 5.74) is 3.71. The first kappa shape index (κ1) is 24.1. The minimum absolute atomic E-state index is 0.251. The van der Waals surface area contributed by atoms with E-state index in [1.165, 1.54) is 11.9 Å². The van der Waals surface area contributed by atoms with Crippen molar-refractivity contribution in [1.29, 1.82) is 0 Å². The summed E-state index contributed by atoms with van der Waals surface area (Å²) in [4.78, 5) is 43.3. The number of imide groups is 1. The fourth-order valence-corrected chi connectivity index (χ4v) is 4.16. The summed E-state index contributed by atoms with van der Waals surface area (Å²) in [7, 11) is 3.02. The number of aryl methyl sites for hydroxylation is 2. The summed E-state index contributed by atoms with van der Waals surface area (Å²) in [6.45, 7) is 5.56. The van der Waals surface area contributed by atoms with Crippen molar-refractivity contribution in [3.8, 4) is 5.75 Å². The Bertz CT molecular complexity index is 1120. The molecule has 1 aliphatic heterocycles. The molecule has 2 aromatic carbocycles. The number of rotatable bonds is 5. The van der Waals surface area contributed by atoms with Crippen molar-refractivity contribution >= 4 is 46.5 Å². The van der Waals surface area contributed by atoms with E-state index in [-0.39, 0.29) is 11.6 Å². The molecule has 0 radical (unpaired) electrons. The molecule has 0 aromatic heterocycles. The first-order chi connectivity index (χ1) is 15.7. The van der Waals surface area contributed by atoms with Crippen LogP contribution in [0.2, 0.25) is 0 Å². The summed E-state index contributed by atoms with van der Waals surface area (Å²) < 4.78 is 5.18. The van der Waals surface area contributed by atoms with Crippen LogP contribution in [0, 0.1) is 13.8 Å². The summed E-state index contributed by atoms with van der Waals surface area (Å²) >= 11 is 1.11. The Morgan fingerprint density at radius 3 is 2.33 bits per heavy atom. The quantitative estimate of drug-likeness (QED) is 0.656. The lowest BCUT2D eigenvalue weighted by molar-refractivity contribution is -0.119. The van der Waals surface area contributed by atoms with Gasteiger partial charge in [0.2, 0.25) is 5.91 Å². The number of thioether (sulfide) groups is 1. The Morgan fingerprint density at radius 2 is 1.76 bits per heavy atom. The number of nitrogens with one attached hydrogen (secondary N) is 2. The zero-order valence-electron chi connectivity index (χ0n) is 19.1. The topological polar surface area (TPSA) is 100 Å². The van der Waals surface area contributed by atoms with E-state index in [1.54, 1.807) is 32.2 Å². The van der Waals surface area contributed by atoms with Crippen molar-refractivity contribution < 1.29 is 19.1 Å². The molecule has 2 aromatic rings. The highest BCUT2D eigenvalue weighted by Gasteiger charge is 2.34. The van der Waals surface area contributed by atoms with Gasteiger partial charge in [-0.25, -0.2) is 9.79 Å². The minimum atomic E-state index is -0.664. The predicted molar refractivity (Wildman–Crippen MR) is 131 cm³/mol. The molecule has 33 heavy (non-hydrogen) atoms. The zero-order valence-corrected chi connectivity index (χ0v) is 19.9. The van der Waals surface area contributed by atoms with Gasteiger partial charge in [-0.15, -0.1) is 0 Å². The van der Waals surface area contributed by atoms with E-state index in [0.29, 0.717) is 16.6 Å². The Labute approximate surface area is 197 Å². The van der Waals surface area contributed by atoms with Gasteiger partial charge in [0.05, 0.1) is 18.0 Å². The van der Waals surface area contributed by atoms with Crippen LogP contribution >= 0.6 is 11.8 Å². The molecule has 0 saturated carbocycles. The van der Waals surface area contributed by atoms with E-state index < -0.39 is 17.2 Å². The van der Waals surface area contributed by atoms with Crippen LogP contribution < -0.4 is 20.3 Å². The second-order valence-corrected chi connectivity index (χ2v) is 8.82. The number of hydrogen-bond acceptors (Lipinski definition) is 6. The number of carbonyl (C=O) groups is 3. The highest BCUT2D eigenvalue weighted by molar-refractivity contribution is 8.15. The van der Waals surface area contributed by atoms with E-state index in [1.807, 2.05) is 44.2 Å². The summed E-state index contributed by atoms with van der Waals surface area (Å²) in [6, 6.07) is 12.5. The Balaban J connectivity index is 1.96. The standard InChI is InChI=1S/C24H26N4O4S/c1-14-10-15(2)12-18(11-14)28-22(30)20(13-17-6-8-19(32-5)9-7-17)26-24(28)33-16(3)21(29)27-23(31)25-4/h6-13,16H,1-5H3,(H2,25,27,29,31)/b20-13-. The molecule has 0 bridgehead atoms. The number of aliphatic imine (C=N–C) groups is 1. The zero-order chi connectivity index (χ0) is 24.1. The third kappa shape index (κ3) is 5.81. The van der Waals surface area contributed by atoms with Crippen molar-refractivity contribution in [2.45, 2.75) is 26.0 Å². The third-order valence-corrected chi connectivity index (χ3v) is 5.88. The first-order valence-corrected chi connectivity index (χ1v) is 11.2. The molecule has 0 saturated heterocycles. The van der Waals surface area contributed by atoms with Gasteiger partial charge in [-0.2, -0.15) is 0 Å². The number of amidine groups is 1. The van der Waals surface area contributed by atoms with Crippen molar-refractivity contribution in [2.75, 3.05) is 19.1 Å². The smallest absolute Gasteiger partial charge is 0.321 e. The molecule has 4 amide bonds. The number of methoxy groups -OCH3 is 1. The molecule has 0 spiro atoms. The summed E-state index contributed by atoms with van der Waals surface area (Å²) in [5, 5.41) is 4.30. The number of benzene rings is 2. The van der Waals surface area contributed by atoms with Crippen LogP contribution in [0.25, 0.3) is 6.08 Å². The number of nitrogens with zero attached hydrogens (tertiary/aromatic N) is 2. The lowest BCUT2D eigenvalue weighted by Crippen LogP contribution is -2.42. The second-order valence-electron chi connectivity index (χ2n) is 7.51. The Morgan fingerprint density at radius 1 is 1.12 bits per heavy atom. The lowest BCUT2D eigenvalue weighted by atomic mass is 10.1. The van der Waals surface area contributed by atoms with Gasteiger partial charge in [-0.3, -0.25) is 19.8 Å². The van der Waals surface area contributed by atoms with Gasteiger partial charge in [0.1, 0.15) is 11.4 Å². The molecule has 1 heterocycles. The van der Waals surface area contributed by atoms with E-state index in [9.17, 15) is 14.4 Å². The number of amides is 4. The molecule has 2 N–H and O–H groups in total. The van der Waals surface area contributed by atoms with Crippen molar-refractivity contribution in [3.63, 3.8) is 0 Å². The molecule has 8 nitrogen and oxygen atoms in total. The lowest BCUT2D eigenvalue weighted by Gasteiger charge is -2.20. The highest BCUT2D eigenvalue weighted by Crippen LogP contribution is 2.32. The molecular weight excluding hydrogens is 440 g/mol. The van der Waals surface area contributed by atoms with Crippen LogP contribution in [0.4, 0.5) is 10.5 Å². The van der Waals surface area contributed by atoms with Crippen LogP contribution in [-0.2, 0) is 9.59 Å². The van der Waals surface area contributed by atoms with Crippen LogP contribution in [-0.4, -0.2) is 42.4 Å². The van der Waals surface area contributed by atoms with Crippen molar-refractivity contribution in [2.24, 2.45) is 4.99 Å². The fraction of sp³-hybridized carbons (Fsp3) is 0.250. The number of urea groups is 1. The number of hydrogen-bond donors (Lipinski definition) is 2. The maximum absolute atomic E-state index is 13.4.